The number of ether oxygens (including phenoxy) is 1. The summed E-state index contributed by atoms with van der Waals surface area (Å²) >= 11 is 0. The summed E-state index contributed by atoms with van der Waals surface area (Å²) in [5.41, 5.74) is 2.18. The first kappa shape index (κ1) is 18.5. The fraction of sp³-hybridized carbons (Fsp3) is 0.300. The van der Waals surface area contributed by atoms with Crippen molar-refractivity contribution in [1.29, 1.82) is 0 Å². The molecule has 0 aliphatic carbocycles. The zero-order valence-corrected chi connectivity index (χ0v) is 14.9. The monoisotopic (exact) mass is 341 g/mol. The molecule has 2 aromatic carbocycles. The van der Waals surface area contributed by atoms with Gasteiger partial charge in [0.25, 0.3) is 0 Å². The van der Waals surface area contributed by atoms with E-state index in [2.05, 4.69) is 5.32 Å². The van der Waals surface area contributed by atoms with Crippen LogP contribution in [-0.2, 0) is 9.59 Å². The van der Waals surface area contributed by atoms with Crippen molar-refractivity contribution in [2.24, 2.45) is 0 Å². The minimum Gasteiger partial charge on any atom is -0.478 e. The summed E-state index contributed by atoms with van der Waals surface area (Å²) in [6, 6.07) is 12.3. The Kier molecular flexibility index (Phi) is 5.47. The lowest BCUT2D eigenvalue weighted by Gasteiger charge is -2.25. The number of rotatable bonds is 7. The molecule has 0 heterocycles. The first-order valence-electron chi connectivity index (χ1n) is 8.04. The van der Waals surface area contributed by atoms with E-state index in [1.165, 1.54) is 13.8 Å². The molecule has 2 rings (SSSR count). The van der Waals surface area contributed by atoms with Gasteiger partial charge in [0, 0.05) is 11.3 Å². The Morgan fingerprint density at radius 3 is 2.32 bits per heavy atom. The van der Waals surface area contributed by atoms with Gasteiger partial charge in [-0.1, -0.05) is 24.3 Å². The predicted molar refractivity (Wildman–Crippen MR) is 97.1 cm³/mol. The zero-order valence-electron chi connectivity index (χ0n) is 14.9. The fourth-order valence-corrected chi connectivity index (χ4v) is 2.57. The number of carboxylic acids is 1. The third kappa shape index (κ3) is 4.59. The van der Waals surface area contributed by atoms with Crippen LogP contribution >= 0.6 is 0 Å². The van der Waals surface area contributed by atoms with Crippen LogP contribution in [0.2, 0.25) is 0 Å². The van der Waals surface area contributed by atoms with Gasteiger partial charge in [-0.2, -0.15) is 0 Å². The van der Waals surface area contributed by atoms with Crippen molar-refractivity contribution in [3.05, 3.63) is 59.2 Å². The Morgan fingerprint density at radius 2 is 1.76 bits per heavy atom. The Bertz CT molecular complexity index is 763. The molecule has 2 aromatic rings. The van der Waals surface area contributed by atoms with E-state index in [1.807, 2.05) is 32.0 Å². The number of carbonyl (C=O) groups is 2. The first-order chi connectivity index (χ1) is 11.7. The molecule has 0 saturated heterocycles. The molecular weight excluding hydrogens is 318 g/mol. The highest BCUT2D eigenvalue weighted by Gasteiger charge is 2.31. The molecule has 0 saturated carbocycles. The molecule has 0 radical (unpaired) electrons. The molecule has 5 nitrogen and oxygen atoms in total. The molecule has 0 aliphatic heterocycles. The van der Waals surface area contributed by atoms with Crippen molar-refractivity contribution in [3.63, 3.8) is 0 Å². The molecule has 0 amide bonds. The summed E-state index contributed by atoms with van der Waals surface area (Å²) in [4.78, 5) is 23.0. The molecule has 0 aromatic heterocycles. The molecule has 0 bridgehead atoms. The second-order valence-corrected chi connectivity index (χ2v) is 6.59. The smallest absolute Gasteiger partial charge is 0.347 e. The minimum absolute atomic E-state index is 0.365. The van der Waals surface area contributed by atoms with Crippen LogP contribution in [0.25, 0.3) is 0 Å². The van der Waals surface area contributed by atoms with Crippen molar-refractivity contribution in [1.82, 2.24) is 0 Å². The third-order valence-corrected chi connectivity index (χ3v) is 3.81. The fourth-order valence-electron chi connectivity index (χ4n) is 2.57. The summed E-state index contributed by atoms with van der Waals surface area (Å²) in [6.07, 6.45) is 0.785. The van der Waals surface area contributed by atoms with Gasteiger partial charge in [0.1, 0.15) is 18.1 Å². The molecule has 1 atom stereocenters. The van der Waals surface area contributed by atoms with Crippen molar-refractivity contribution in [3.8, 4) is 5.75 Å². The maximum absolute atomic E-state index is 11.7. The van der Waals surface area contributed by atoms with Crippen LogP contribution < -0.4 is 10.1 Å². The lowest BCUT2D eigenvalue weighted by molar-refractivity contribution is -0.152. The quantitative estimate of drug-likeness (QED) is 0.747. The molecule has 0 fully saturated rings. The van der Waals surface area contributed by atoms with Crippen LogP contribution in [0.1, 0.15) is 36.6 Å². The Morgan fingerprint density at radius 1 is 1.16 bits per heavy atom. The largest absolute Gasteiger partial charge is 0.478 e. The zero-order chi connectivity index (χ0) is 18.6. The molecule has 0 aliphatic rings. The van der Waals surface area contributed by atoms with Crippen molar-refractivity contribution in [2.45, 2.75) is 39.3 Å². The number of aliphatic carboxylic acids is 1. The second kappa shape index (κ2) is 7.38. The molecule has 1 unspecified atom stereocenters. The predicted octanol–water partition coefficient (Wildman–Crippen LogP) is 3.90. The number of hydrogen-bond donors (Lipinski definition) is 2. The van der Waals surface area contributed by atoms with Gasteiger partial charge in [-0.3, -0.25) is 0 Å². The van der Waals surface area contributed by atoms with Gasteiger partial charge < -0.3 is 20.0 Å². The highest BCUT2D eigenvalue weighted by Crippen LogP contribution is 2.30. The molecule has 25 heavy (non-hydrogen) atoms. The number of para-hydroxylation sites is 1. The number of anilines is 1. The van der Waals surface area contributed by atoms with Crippen LogP contribution in [0.15, 0.2) is 42.5 Å². The summed E-state index contributed by atoms with van der Waals surface area (Å²) < 4.78 is 5.66. The summed E-state index contributed by atoms with van der Waals surface area (Å²) in [5.74, 6) is -0.712. The van der Waals surface area contributed by atoms with Crippen molar-refractivity contribution in [2.75, 3.05) is 5.32 Å². The van der Waals surface area contributed by atoms with Crippen LogP contribution in [-0.4, -0.2) is 23.0 Å². The van der Waals surface area contributed by atoms with E-state index in [0.717, 1.165) is 23.1 Å². The number of carboxylic acid groups (broad SMARTS) is 1. The first-order valence-corrected chi connectivity index (χ1v) is 8.04. The van der Waals surface area contributed by atoms with Crippen LogP contribution in [0.3, 0.4) is 0 Å². The summed E-state index contributed by atoms with van der Waals surface area (Å²) in [5, 5.41) is 12.5. The molecule has 132 valence electrons. The van der Waals surface area contributed by atoms with Crippen LogP contribution in [0.5, 0.6) is 5.75 Å². The van der Waals surface area contributed by atoms with Gasteiger partial charge in [0.2, 0.25) is 0 Å². The van der Waals surface area contributed by atoms with Gasteiger partial charge in [0.15, 0.2) is 5.60 Å². The number of benzene rings is 2. The summed E-state index contributed by atoms with van der Waals surface area (Å²) in [7, 11) is 0. The maximum Gasteiger partial charge on any atom is 0.347 e. The molecule has 2 N–H and O–H groups in total. The number of carbonyl (C=O) groups excluding carboxylic acids is 1. The van der Waals surface area contributed by atoms with Gasteiger partial charge in [-0.15, -0.1) is 0 Å². The van der Waals surface area contributed by atoms with Gasteiger partial charge in [-0.05, 0) is 57.0 Å². The van der Waals surface area contributed by atoms with Gasteiger partial charge in [0.05, 0.1) is 0 Å². The highest BCUT2D eigenvalue weighted by molar-refractivity contribution is 5.77. The molecular formula is C20H23NO4. The Hall–Kier alpha value is -2.82. The van der Waals surface area contributed by atoms with E-state index in [9.17, 15) is 14.7 Å². The molecule has 0 spiro atoms. The highest BCUT2D eigenvalue weighted by atomic mass is 16.5. The van der Waals surface area contributed by atoms with E-state index in [1.54, 1.807) is 24.3 Å². The number of aryl methyl sites for hydroxylation is 2. The lowest BCUT2D eigenvalue weighted by Crippen LogP contribution is -2.38. The van der Waals surface area contributed by atoms with Gasteiger partial charge >= 0.3 is 5.97 Å². The van der Waals surface area contributed by atoms with Crippen LogP contribution in [0, 0.1) is 13.8 Å². The number of nitrogens with one attached hydrogen (secondary N) is 1. The van der Waals surface area contributed by atoms with E-state index in [4.69, 9.17) is 4.74 Å². The van der Waals surface area contributed by atoms with E-state index in [0.29, 0.717) is 11.3 Å². The topological polar surface area (TPSA) is 75.6 Å². The lowest BCUT2D eigenvalue weighted by atomic mass is 10.0. The minimum atomic E-state index is -1.40. The Labute approximate surface area is 147 Å². The van der Waals surface area contributed by atoms with E-state index < -0.39 is 17.6 Å². The number of aldehydes is 1. The van der Waals surface area contributed by atoms with Gasteiger partial charge in [-0.25, -0.2) is 4.79 Å². The SMILES string of the molecule is Cc1cc(C)cc(NC(C=O)c2ccccc2OC(C)(C)C(=O)O)c1. The average Bonchev–Trinajstić information content (AvgIpc) is 2.52. The van der Waals surface area contributed by atoms with Crippen molar-refractivity contribution >= 4 is 17.9 Å². The number of hydrogen-bond acceptors (Lipinski definition) is 4. The van der Waals surface area contributed by atoms with E-state index in [-0.39, 0.29) is 0 Å². The Balaban J connectivity index is 2.34. The summed E-state index contributed by atoms with van der Waals surface area (Å²) in [6.45, 7) is 6.92. The third-order valence-electron chi connectivity index (χ3n) is 3.81. The van der Waals surface area contributed by atoms with E-state index >= 15 is 0 Å². The standard InChI is InChI=1S/C20H23NO4/c1-13-9-14(2)11-15(10-13)21-17(12-22)16-7-5-6-8-18(16)25-20(3,4)19(23)24/h5-12,17,21H,1-4H3,(H,23,24). The maximum atomic E-state index is 11.7. The van der Waals surface area contributed by atoms with Crippen LogP contribution in [0.4, 0.5) is 5.69 Å². The van der Waals surface area contributed by atoms with Crippen molar-refractivity contribution < 1.29 is 19.4 Å². The average molecular weight is 341 g/mol. The second-order valence-electron chi connectivity index (χ2n) is 6.59. The normalized spacial score (nSPS) is 12.3. The molecule has 5 heteroatoms.